The second-order valence-electron chi connectivity index (χ2n) is 5.61. The average Bonchev–Trinajstić information content (AvgIpc) is 2.53. The number of fused-ring (bicyclic) bond motifs is 1. The molecule has 0 amide bonds. The third-order valence-electron chi connectivity index (χ3n) is 4.09. The lowest BCUT2D eigenvalue weighted by Gasteiger charge is -2.34. The molecule has 1 aliphatic rings. The number of pyridine rings is 1. The van der Waals surface area contributed by atoms with Crippen LogP contribution < -0.4 is 4.90 Å². The highest BCUT2D eigenvalue weighted by Crippen LogP contribution is 2.25. The van der Waals surface area contributed by atoms with Crippen LogP contribution in [0.15, 0.2) is 30.3 Å². The molecule has 2 heterocycles. The number of hydrogen-bond acceptors (Lipinski definition) is 4. The highest BCUT2D eigenvalue weighted by atomic mass is 15.3. The van der Waals surface area contributed by atoms with Gasteiger partial charge in [0.05, 0.1) is 11.6 Å². The number of hydrogen-bond donors (Lipinski definition) is 0. The molecule has 1 fully saturated rings. The summed E-state index contributed by atoms with van der Waals surface area (Å²) in [6.07, 6.45) is 1.32. The number of piperazine rings is 1. The van der Waals surface area contributed by atoms with E-state index < -0.39 is 0 Å². The number of nitriles is 1. The smallest absolute Gasteiger partial charge is 0.132 e. The summed E-state index contributed by atoms with van der Waals surface area (Å²) in [6.45, 7) is 4.13. The van der Waals surface area contributed by atoms with Gasteiger partial charge in [0.25, 0.3) is 0 Å². The largest absolute Gasteiger partial charge is 0.354 e. The number of aryl methyl sites for hydroxylation is 1. The van der Waals surface area contributed by atoms with E-state index in [-0.39, 0.29) is 0 Å². The SMILES string of the molecule is CN1CCN(c2nc3ccccc3cc2CCC#N)CC1. The molecule has 108 valence electrons. The summed E-state index contributed by atoms with van der Waals surface area (Å²) in [7, 11) is 2.15. The second-order valence-corrected chi connectivity index (χ2v) is 5.61. The van der Waals surface area contributed by atoms with E-state index in [1.54, 1.807) is 0 Å². The van der Waals surface area contributed by atoms with Crippen molar-refractivity contribution in [3.8, 4) is 6.07 Å². The fraction of sp³-hybridized carbons (Fsp3) is 0.412. The number of likely N-dealkylation sites (N-methyl/N-ethyl adjacent to an activating group) is 1. The summed E-state index contributed by atoms with van der Waals surface area (Å²) < 4.78 is 0. The first-order valence-corrected chi connectivity index (χ1v) is 7.47. The molecule has 0 spiro atoms. The molecule has 1 saturated heterocycles. The highest BCUT2D eigenvalue weighted by molar-refractivity contribution is 5.81. The number of benzene rings is 1. The van der Waals surface area contributed by atoms with Crippen LogP contribution in [0.1, 0.15) is 12.0 Å². The minimum atomic E-state index is 0.542. The van der Waals surface area contributed by atoms with Crippen molar-refractivity contribution < 1.29 is 0 Å². The van der Waals surface area contributed by atoms with Crippen LogP contribution in [0.5, 0.6) is 0 Å². The van der Waals surface area contributed by atoms with Crippen LogP contribution in [0, 0.1) is 11.3 Å². The predicted molar refractivity (Wildman–Crippen MR) is 85.4 cm³/mol. The van der Waals surface area contributed by atoms with E-state index in [0.717, 1.165) is 49.3 Å². The van der Waals surface area contributed by atoms with Crippen molar-refractivity contribution in [2.45, 2.75) is 12.8 Å². The lowest BCUT2D eigenvalue weighted by molar-refractivity contribution is 0.312. The van der Waals surface area contributed by atoms with E-state index in [4.69, 9.17) is 10.2 Å². The normalized spacial score (nSPS) is 16.1. The van der Waals surface area contributed by atoms with Crippen molar-refractivity contribution in [1.82, 2.24) is 9.88 Å². The molecule has 0 aliphatic carbocycles. The van der Waals surface area contributed by atoms with Gasteiger partial charge in [-0.05, 0) is 31.2 Å². The van der Waals surface area contributed by atoms with E-state index in [9.17, 15) is 0 Å². The Morgan fingerprint density at radius 2 is 1.95 bits per heavy atom. The first-order valence-electron chi connectivity index (χ1n) is 7.47. The zero-order chi connectivity index (χ0) is 14.7. The minimum Gasteiger partial charge on any atom is -0.354 e. The van der Waals surface area contributed by atoms with Gasteiger partial charge in [-0.15, -0.1) is 0 Å². The van der Waals surface area contributed by atoms with Gasteiger partial charge < -0.3 is 9.80 Å². The molecule has 1 aromatic carbocycles. The van der Waals surface area contributed by atoms with Crippen LogP contribution in [0.2, 0.25) is 0 Å². The van der Waals surface area contributed by atoms with E-state index in [0.29, 0.717) is 6.42 Å². The maximum absolute atomic E-state index is 8.89. The number of nitrogens with zero attached hydrogens (tertiary/aromatic N) is 4. The van der Waals surface area contributed by atoms with Crippen LogP contribution in [0.4, 0.5) is 5.82 Å². The third-order valence-corrected chi connectivity index (χ3v) is 4.09. The molecule has 0 bridgehead atoms. The van der Waals surface area contributed by atoms with Crippen molar-refractivity contribution >= 4 is 16.7 Å². The van der Waals surface area contributed by atoms with E-state index in [1.807, 2.05) is 12.1 Å². The molecular weight excluding hydrogens is 260 g/mol. The lowest BCUT2D eigenvalue weighted by Crippen LogP contribution is -2.45. The number of para-hydroxylation sites is 1. The van der Waals surface area contributed by atoms with Gasteiger partial charge in [-0.3, -0.25) is 0 Å². The number of aromatic nitrogens is 1. The van der Waals surface area contributed by atoms with Gasteiger partial charge in [0, 0.05) is 38.0 Å². The Labute approximate surface area is 125 Å². The number of rotatable bonds is 3. The van der Waals surface area contributed by atoms with Crippen molar-refractivity contribution in [1.29, 1.82) is 5.26 Å². The summed E-state index contributed by atoms with van der Waals surface area (Å²) >= 11 is 0. The molecule has 0 N–H and O–H groups in total. The summed E-state index contributed by atoms with van der Waals surface area (Å²) in [4.78, 5) is 9.57. The Kier molecular flexibility index (Phi) is 4.03. The molecule has 2 aromatic rings. The maximum atomic E-state index is 8.89. The Bertz CT molecular complexity index is 666. The van der Waals surface area contributed by atoms with Gasteiger partial charge >= 0.3 is 0 Å². The molecule has 1 aromatic heterocycles. The van der Waals surface area contributed by atoms with Crippen molar-refractivity contribution in [3.63, 3.8) is 0 Å². The first-order chi connectivity index (χ1) is 10.3. The quantitative estimate of drug-likeness (QED) is 0.866. The summed E-state index contributed by atoms with van der Waals surface area (Å²) in [5.74, 6) is 1.07. The summed E-state index contributed by atoms with van der Waals surface area (Å²) in [5, 5.41) is 10.0. The molecule has 21 heavy (non-hydrogen) atoms. The first kappa shape index (κ1) is 13.8. The third kappa shape index (κ3) is 2.98. The zero-order valence-electron chi connectivity index (χ0n) is 12.4. The monoisotopic (exact) mass is 280 g/mol. The molecule has 4 heteroatoms. The predicted octanol–water partition coefficient (Wildman–Crippen LogP) is 2.44. The minimum absolute atomic E-state index is 0.542. The zero-order valence-corrected chi connectivity index (χ0v) is 12.4. The van der Waals surface area contributed by atoms with Gasteiger partial charge in [-0.1, -0.05) is 18.2 Å². The van der Waals surface area contributed by atoms with Crippen molar-refractivity contribution in [3.05, 3.63) is 35.9 Å². The summed E-state index contributed by atoms with van der Waals surface area (Å²) in [5.41, 5.74) is 2.23. The van der Waals surface area contributed by atoms with Crippen molar-refractivity contribution in [2.24, 2.45) is 0 Å². The molecular formula is C17H20N4. The van der Waals surface area contributed by atoms with E-state index >= 15 is 0 Å². The van der Waals surface area contributed by atoms with Crippen molar-refractivity contribution in [2.75, 3.05) is 38.1 Å². The fourth-order valence-corrected chi connectivity index (χ4v) is 2.82. The molecule has 0 unspecified atom stereocenters. The molecule has 0 saturated carbocycles. The standard InChI is InChI=1S/C17H20N4/c1-20-9-11-21(12-10-20)17-15(6-4-8-18)13-14-5-2-3-7-16(14)19-17/h2-3,5,7,13H,4,6,9-12H2,1H3. The fourth-order valence-electron chi connectivity index (χ4n) is 2.82. The Morgan fingerprint density at radius 1 is 1.19 bits per heavy atom. The Hall–Kier alpha value is -2.12. The average molecular weight is 280 g/mol. The van der Waals surface area contributed by atoms with Gasteiger partial charge in [0.1, 0.15) is 5.82 Å². The maximum Gasteiger partial charge on any atom is 0.132 e. The summed E-state index contributed by atoms with van der Waals surface area (Å²) in [6, 6.07) is 12.7. The Morgan fingerprint density at radius 3 is 2.71 bits per heavy atom. The van der Waals surface area contributed by atoms with Crippen LogP contribution in [-0.4, -0.2) is 43.1 Å². The lowest BCUT2D eigenvalue weighted by atomic mass is 10.1. The molecule has 1 aliphatic heterocycles. The van der Waals surface area contributed by atoms with Gasteiger partial charge in [0.15, 0.2) is 0 Å². The Balaban J connectivity index is 1.99. The molecule has 0 radical (unpaired) electrons. The van der Waals surface area contributed by atoms with Crippen LogP contribution >= 0.6 is 0 Å². The van der Waals surface area contributed by atoms with Crippen LogP contribution in [-0.2, 0) is 6.42 Å². The molecule has 3 rings (SSSR count). The molecule has 0 atom stereocenters. The van der Waals surface area contributed by atoms with Gasteiger partial charge in [-0.2, -0.15) is 5.26 Å². The van der Waals surface area contributed by atoms with Gasteiger partial charge in [-0.25, -0.2) is 4.98 Å². The molecule has 4 nitrogen and oxygen atoms in total. The van der Waals surface area contributed by atoms with E-state index in [2.05, 4.69) is 41.1 Å². The topological polar surface area (TPSA) is 43.2 Å². The van der Waals surface area contributed by atoms with E-state index in [1.165, 1.54) is 5.56 Å². The van der Waals surface area contributed by atoms with Gasteiger partial charge in [0.2, 0.25) is 0 Å². The highest BCUT2D eigenvalue weighted by Gasteiger charge is 2.18. The second kappa shape index (κ2) is 6.11. The van der Waals surface area contributed by atoms with Crippen LogP contribution in [0.3, 0.4) is 0 Å². The van der Waals surface area contributed by atoms with Crippen LogP contribution in [0.25, 0.3) is 10.9 Å². The number of anilines is 1.